The van der Waals surface area contributed by atoms with Crippen LogP contribution in [0.15, 0.2) is 48.5 Å². The predicted molar refractivity (Wildman–Crippen MR) is 118 cm³/mol. The normalized spacial score (nSPS) is 15.7. The van der Waals surface area contributed by atoms with Gasteiger partial charge in [0.2, 0.25) is 18.6 Å². The van der Waals surface area contributed by atoms with Crippen molar-refractivity contribution in [1.82, 2.24) is 15.2 Å². The van der Waals surface area contributed by atoms with Gasteiger partial charge in [-0.3, -0.25) is 9.59 Å². The highest BCUT2D eigenvalue weighted by molar-refractivity contribution is 5.96. The largest absolute Gasteiger partial charge is 0.454 e. The van der Waals surface area contributed by atoms with Crippen molar-refractivity contribution in [2.24, 2.45) is 0 Å². The second-order valence-electron chi connectivity index (χ2n) is 7.83. The van der Waals surface area contributed by atoms with Crippen molar-refractivity contribution in [3.63, 3.8) is 0 Å². The van der Waals surface area contributed by atoms with Crippen molar-refractivity contribution < 1.29 is 24.2 Å². The van der Waals surface area contributed by atoms with Gasteiger partial charge in [-0.05, 0) is 41.8 Å². The molecule has 0 saturated heterocycles. The molecule has 0 radical (unpaired) electrons. The summed E-state index contributed by atoms with van der Waals surface area (Å²) < 4.78 is 10.6. The summed E-state index contributed by atoms with van der Waals surface area (Å²) in [4.78, 5) is 30.4. The zero-order chi connectivity index (χ0) is 22.1. The summed E-state index contributed by atoms with van der Waals surface area (Å²) in [7, 11) is 0. The van der Waals surface area contributed by atoms with Crippen molar-refractivity contribution in [2.45, 2.75) is 19.0 Å². The highest BCUT2D eigenvalue weighted by Gasteiger charge is 2.29. The number of ether oxygens (including phenoxy) is 2. The number of nitrogens with zero attached hydrogens (tertiary/aromatic N) is 1. The van der Waals surface area contributed by atoms with Gasteiger partial charge in [0.1, 0.15) is 6.04 Å². The molecule has 8 nitrogen and oxygen atoms in total. The molecule has 1 aromatic heterocycles. The molecule has 3 heterocycles. The number of amides is 2. The third kappa shape index (κ3) is 3.80. The zero-order valence-electron chi connectivity index (χ0n) is 17.3. The van der Waals surface area contributed by atoms with E-state index in [1.54, 1.807) is 29.2 Å². The van der Waals surface area contributed by atoms with Crippen LogP contribution < -0.4 is 14.8 Å². The molecule has 2 aromatic carbocycles. The molecule has 0 saturated carbocycles. The maximum Gasteiger partial charge on any atom is 0.247 e. The van der Waals surface area contributed by atoms with E-state index in [9.17, 15) is 14.7 Å². The smallest absolute Gasteiger partial charge is 0.247 e. The number of para-hydroxylation sites is 1. The molecular weight excluding hydrogens is 410 g/mol. The van der Waals surface area contributed by atoms with Crippen LogP contribution in [-0.2, 0) is 22.6 Å². The predicted octanol–water partition coefficient (Wildman–Crippen LogP) is 1.97. The van der Waals surface area contributed by atoms with Gasteiger partial charge in [-0.1, -0.05) is 24.3 Å². The lowest BCUT2D eigenvalue weighted by Crippen LogP contribution is -2.51. The maximum absolute atomic E-state index is 13.0. The van der Waals surface area contributed by atoms with Gasteiger partial charge in [-0.25, -0.2) is 0 Å². The number of benzene rings is 2. The zero-order valence-corrected chi connectivity index (χ0v) is 17.3. The van der Waals surface area contributed by atoms with Gasteiger partial charge in [0.05, 0.1) is 13.2 Å². The topological polar surface area (TPSA) is 104 Å². The van der Waals surface area contributed by atoms with Crippen LogP contribution in [-0.4, -0.2) is 52.8 Å². The van der Waals surface area contributed by atoms with Crippen LogP contribution in [0.25, 0.3) is 17.0 Å². The molecule has 0 bridgehead atoms. The fourth-order valence-corrected chi connectivity index (χ4v) is 4.20. The number of hydrogen-bond acceptors (Lipinski definition) is 5. The lowest BCUT2D eigenvalue weighted by molar-refractivity contribution is -0.137. The van der Waals surface area contributed by atoms with E-state index < -0.39 is 18.6 Å². The third-order valence-electron chi connectivity index (χ3n) is 5.82. The van der Waals surface area contributed by atoms with E-state index in [0.717, 1.165) is 23.2 Å². The van der Waals surface area contributed by atoms with E-state index in [4.69, 9.17) is 9.47 Å². The van der Waals surface area contributed by atoms with Gasteiger partial charge in [-0.2, -0.15) is 0 Å². The summed E-state index contributed by atoms with van der Waals surface area (Å²) in [6.07, 6.45) is 3.68. The highest BCUT2D eigenvalue weighted by Crippen LogP contribution is 2.32. The first kappa shape index (κ1) is 20.1. The number of carbonyl (C=O) groups is 2. The minimum atomic E-state index is -1.00. The molecule has 1 unspecified atom stereocenters. The standard InChI is InChI=1S/C24H23N3O5/c28-13-20(26-23(29)8-6-15-5-7-21-22(11-15)32-14-31-21)24(30)27-10-9-17-16-3-1-2-4-18(16)25-19(17)12-27/h1-8,11,20,25,28H,9-10,12-14H2,(H,26,29). The fourth-order valence-electron chi connectivity index (χ4n) is 4.20. The molecule has 0 aliphatic carbocycles. The first-order valence-electron chi connectivity index (χ1n) is 10.5. The molecular formula is C24H23N3O5. The molecule has 164 valence electrons. The summed E-state index contributed by atoms with van der Waals surface area (Å²) in [6, 6.07) is 12.4. The Labute approximate surface area is 184 Å². The van der Waals surface area contributed by atoms with Gasteiger partial charge in [0.15, 0.2) is 11.5 Å². The molecule has 2 amide bonds. The number of aliphatic hydroxyl groups is 1. The molecule has 0 spiro atoms. The Morgan fingerprint density at radius 3 is 2.91 bits per heavy atom. The minimum Gasteiger partial charge on any atom is -0.454 e. The Morgan fingerprint density at radius 2 is 2.03 bits per heavy atom. The average molecular weight is 433 g/mol. The van der Waals surface area contributed by atoms with Crippen LogP contribution in [0.5, 0.6) is 11.5 Å². The first-order chi connectivity index (χ1) is 15.6. The van der Waals surface area contributed by atoms with E-state index in [1.165, 1.54) is 17.0 Å². The molecule has 5 rings (SSSR count). The Balaban J connectivity index is 1.23. The van der Waals surface area contributed by atoms with E-state index >= 15 is 0 Å². The summed E-state index contributed by atoms with van der Waals surface area (Å²) in [5, 5.41) is 13.5. The monoisotopic (exact) mass is 433 g/mol. The molecule has 3 aromatic rings. The molecule has 8 heteroatoms. The lowest BCUT2D eigenvalue weighted by Gasteiger charge is -2.30. The van der Waals surface area contributed by atoms with Gasteiger partial charge < -0.3 is 29.8 Å². The summed E-state index contributed by atoms with van der Waals surface area (Å²) in [5.74, 6) is 0.523. The van der Waals surface area contributed by atoms with Crippen LogP contribution >= 0.6 is 0 Å². The Morgan fingerprint density at radius 1 is 1.19 bits per heavy atom. The number of carbonyl (C=O) groups excluding carboxylic acids is 2. The van der Waals surface area contributed by atoms with E-state index in [2.05, 4.69) is 16.4 Å². The Hall–Kier alpha value is -3.78. The molecule has 32 heavy (non-hydrogen) atoms. The molecule has 1 atom stereocenters. The van der Waals surface area contributed by atoms with Gasteiger partial charge >= 0.3 is 0 Å². The number of fused-ring (bicyclic) bond motifs is 4. The quantitative estimate of drug-likeness (QED) is 0.534. The second-order valence-corrected chi connectivity index (χ2v) is 7.83. The summed E-state index contributed by atoms with van der Waals surface area (Å²) in [5.41, 5.74) is 4.03. The average Bonchev–Trinajstić information content (AvgIpc) is 3.44. The number of nitrogens with one attached hydrogen (secondary N) is 2. The number of H-pyrrole nitrogens is 1. The van der Waals surface area contributed by atoms with Crippen molar-refractivity contribution in [3.8, 4) is 11.5 Å². The molecule has 2 aliphatic rings. The van der Waals surface area contributed by atoms with Crippen molar-refractivity contribution in [3.05, 3.63) is 65.4 Å². The van der Waals surface area contributed by atoms with Crippen LogP contribution in [0.1, 0.15) is 16.8 Å². The number of aromatic nitrogens is 1. The lowest BCUT2D eigenvalue weighted by atomic mass is 10.0. The first-order valence-corrected chi connectivity index (χ1v) is 10.5. The number of hydrogen-bond donors (Lipinski definition) is 3. The summed E-state index contributed by atoms with van der Waals surface area (Å²) in [6.45, 7) is 0.660. The van der Waals surface area contributed by atoms with Gasteiger partial charge in [-0.15, -0.1) is 0 Å². The van der Waals surface area contributed by atoms with Crippen LogP contribution in [0.3, 0.4) is 0 Å². The number of aliphatic hydroxyl groups excluding tert-OH is 1. The molecule has 3 N–H and O–H groups in total. The SMILES string of the molecule is O=C(C=Cc1ccc2c(c1)OCO2)NC(CO)C(=O)N1CCc2c([nH]c3ccccc23)C1. The fraction of sp³-hybridized carbons (Fsp3) is 0.250. The van der Waals surface area contributed by atoms with E-state index in [-0.39, 0.29) is 12.7 Å². The van der Waals surface area contributed by atoms with E-state index in [1.807, 2.05) is 18.2 Å². The van der Waals surface area contributed by atoms with Crippen molar-refractivity contribution in [1.29, 1.82) is 0 Å². The third-order valence-corrected chi connectivity index (χ3v) is 5.82. The van der Waals surface area contributed by atoms with Crippen LogP contribution in [0, 0.1) is 0 Å². The highest BCUT2D eigenvalue weighted by atomic mass is 16.7. The second kappa shape index (κ2) is 8.39. The Kier molecular flexibility index (Phi) is 5.28. The number of rotatable bonds is 5. The summed E-state index contributed by atoms with van der Waals surface area (Å²) >= 11 is 0. The maximum atomic E-state index is 13.0. The number of aromatic amines is 1. The molecule has 2 aliphatic heterocycles. The van der Waals surface area contributed by atoms with E-state index in [0.29, 0.717) is 24.6 Å². The van der Waals surface area contributed by atoms with Crippen LogP contribution in [0.4, 0.5) is 0 Å². The van der Waals surface area contributed by atoms with Crippen molar-refractivity contribution >= 4 is 28.8 Å². The molecule has 0 fully saturated rings. The van der Waals surface area contributed by atoms with Gasteiger partial charge in [0, 0.05) is 29.2 Å². The van der Waals surface area contributed by atoms with Crippen molar-refractivity contribution in [2.75, 3.05) is 19.9 Å². The van der Waals surface area contributed by atoms with Crippen LogP contribution in [0.2, 0.25) is 0 Å². The Bertz CT molecular complexity index is 1220. The van der Waals surface area contributed by atoms with Gasteiger partial charge in [0.25, 0.3) is 0 Å². The minimum absolute atomic E-state index is 0.180.